The number of benzene rings is 9. The molecule has 54 heavy (non-hydrogen) atoms. The van der Waals surface area contributed by atoms with Gasteiger partial charge in [-0.2, -0.15) is 0 Å². The monoisotopic (exact) mass is 689 g/mol. The third-order valence-electron chi connectivity index (χ3n) is 10.5. The van der Waals surface area contributed by atoms with Crippen molar-refractivity contribution in [3.05, 3.63) is 212 Å². The highest BCUT2D eigenvalue weighted by Crippen LogP contribution is 2.42. The number of para-hydroxylation sites is 1. The maximum Gasteiger partial charge on any atom is 0.136 e. The number of fused-ring (bicyclic) bond motifs is 4. The number of anilines is 3. The van der Waals surface area contributed by atoms with E-state index in [1.54, 1.807) is 0 Å². The first-order valence-electron chi connectivity index (χ1n) is 18.4. The van der Waals surface area contributed by atoms with Gasteiger partial charge in [0.25, 0.3) is 0 Å². The van der Waals surface area contributed by atoms with Crippen molar-refractivity contribution in [1.29, 1.82) is 0 Å². The van der Waals surface area contributed by atoms with Gasteiger partial charge >= 0.3 is 0 Å². The summed E-state index contributed by atoms with van der Waals surface area (Å²) in [7, 11) is 0. The van der Waals surface area contributed by atoms with Gasteiger partial charge in [0.2, 0.25) is 0 Å². The Hall–Kier alpha value is -7.16. The van der Waals surface area contributed by atoms with Gasteiger partial charge in [-0.05, 0) is 116 Å². The summed E-state index contributed by atoms with van der Waals surface area (Å²) < 4.78 is 6.17. The molecule has 0 N–H and O–H groups in total. The normalized spacial score (nSPS) is 11.3. The molecule has 9 aromatic carbocycles. The highest BCUT2D eigenvalue weighted by Gasteiger charge is 2.17. The van der Waals surface area contributed by atoms with Crippen LogP contribution in [0.1, 0.15) is 0 Å². The molecule has 0 aliphatic rings. The van der Waals surface area contributed by atoms with Crippen LogP contribution in [0.4, 0.5) is 17.1 Å². The van der Waals surface area contributed by atoms with Crippen LogP contribution < -0.4 is 4.90 Å². The Balaban J connectivity index is 1.07. The van der Waals surface area contributed by atoms with E-state index >= 15 is 0 Å². The van der Waals surface area contributed by atoms with Gasteiger partial charge in [0, 0.05) is 27.8 Å². The van der Waals surface area contributed by atoms with Crippen LogP contribution in [0.2, 0.25) is 0 Å². The Labute approximate surface area is 314 Å². The van der Waals surface area contributed by atoms with Crippen LogP contribution in [0.3, 0.4) is 0 Å². The Morgan fingerprint density at radius 2 is 0.796 bits per heavy atom. The third kappa shape index (κ3) is 5.81. The molecule has 0 unspecified atom stereocenters. The van der Waals surface area contributed by atoms with Crippen LogP contribution >= 0.6 is 0 Å². The second kappa shape index (κ2) is 13.4. The average Bonchev–Trinajstić information content (AvgIpc) is 3.61. The lowest BCUT2D eigenvalue weighted by Crippen LogP contribution is -2.10. The van der Waals surface area contributed by atoms with Crippen molar-refractivity contribution in [2.24, 2.45) is 0 Å². The average molecular weight is 690 g/mol. The molecule has 2 nitrogen and oxygen atoms in total. The summed E-state index contributed by atoms with van der Waals surface area (Å²) in [6, 6.07) is 76.0. The van der Waals surface area contributed by atoms with Crippen molar-refractivity contribution in [2.45, 2.75) is 0 Å². The van der Waals surface area contributed by atoms with Crippen molar-refractivity contribution in [3.8, 4) is 44.5 Å². The van der Waals surface area contributed by atoms with Gasteiger partial charge < -0.3 is 9.32 Å². The molecule has 0 amide bonds. The molecule has 0 radical (unpaired) electrons. The molecule has 0 spiro atoms. The lowest BCUT2D eigenvalue weighted by Gasteiger charge is -2.27. The smallest absolute Gasteiger partial charge is 0.136 e. The van der Waals surface area contributed by atoms with Crippen LogP contribution in [-0.4, -0.2) is 0 Å². The molecule has 1 heterocycles. The standard InChI is InChI=1S/C52H35NO/c1-4-12-36(13-5-1)37-22-26-44(27-23-37)53(46-30-31-47(39-14-6-2-7-15-39)49(35-46)40-16-8-3-9-17-40)45-28-24-38(25-29-45)41-20-21-42-34-52-50(33-43(42)32-41)48-18-10-11-19-51(48)54-52/h1-35H. The predicted octanol–water partition coefficient (Wildman–Crippen LogP) is 14.9. The van der Waals surface area contributed by atoms with Crippen LogP contribution in [0, 0.1) is 0 Å². The lowest BCUT2D eigenvalue weighted by molar-refractivity contribution is 0.669. The van der Waals surface area contributed by atoms with Gasteiger partial charge in [-0.15, -0.1) is 0 Å². The minimum Gasteiger partial charge on any atom is -0.456 e. The molecular formula is C52H35NO. The van der Waals surface area contributed by atoms with E-state index < -0.39 is 0 Å². The van der Waals surface area contributed by atoms with E-state index in [4.69, 9.17) is 4.42 Å². The summed E-state index contributed by atoms with van der Waals surface area (Å²) in [6.45, 7) is 0. The fraction of sp³-hybridized carbons (Fsp3) is 0. The summed E-state index contributed by atoms with van der Waals surface area (Å²) in [5, 5.41) is 4.66. The van der Waals surface area contributed by atoms with Crippen LogP contribution in [0.25, 0.3) is 77.2 Å². The Morgan fingerprint density at radius 1 is 0.278 bits per heavy atom. The van der Waals surface area contributed by atoms with Crippen LogP contribution in [0.5, 0.6) is 0 Å². The Kier molecular flexibility index (Phi) is 7.85. The van der Waals surface area contributed by atoms with Crippen molar-refractivity contribution in [1.82, 2.24) is 0 Å². The Bertz CT molecular complexity index is 2890. The maximum absolute atomic E-state index is 6.17. The van der Waals surface area contributed by atoms with Crippen molar-refractivity contribution >= 4 is 49.8 Å². The first-order valence-corrected chi connectivity index (χ1v) is 18.4. The second-order valence-electron chi connectivity index (χ2n) is 13.8. The van der Waals surface area contributed by atoms with E-state index in [1.807, 2.05) is 12.1 Å². The SMILES string of the molecule is c1ccc(-c2ccc(N(c3ccc(-c4ccc5cc6oc7ccccc7c6cc5c4)cc3)c3ccc(-c4ccccc4)c(-c4ccccc4)c3)cc2)cc1. The molecule has 2 heteroatoms. The van der Waals surface area contributed by atoms with Gasteiger partial charge in [-0.25, -0.2) is 0 Å². The van der Waals surface area contributed by atoms with Gasteiger partial charge in [-0.3, -0.25) is 0 Å². The minimum atomic E-state index is 0.920. The molecule has 0 saturated heterocycles. The lowest BCUT2D eigenvalue weighted by atomic mass is 9.93. The molecule has 254 valence electrons. The zero-order valence-corrected chi connectivity index (χ0v) is 29.6. The number of hydrogen-bond donors (Lipinski definition) is 0. The van der Waals surface area contributed by atoms with E-state index in [9.17, 15) is 0 Å². The molecule has 0 atom stereocenters. The molecule has 0 aliphatic heterocycles. The fourth-order valence-corrected chi connectivity index (χ4v) is 7.73. The predicted molar refractivity (Wildman–Crippen MR) is 228 cm³/mol. The fourth-order valence-electron chi connectivity index (χ4n) is 7.73. The summed E-state index contributed by atoms with van der Waals surface area (Å²) >= 11 is 0. The molecule has 0 aliphatic carbocycles. The number of rotatable bonds is 7. The summed E-state index contributed by atoms with van der Waals surface area (Å²) in [5.41, 5.74) is 14.6. The van der Waals surface area contributed by atoms with E-state index in [2.05, 4.69) is 205 Å². The highest BCUT2D eigenvalue weighted by atomic mass is 16.3. The van der Waals surface area contributed by atoms with E-state index in [0.29, 0.717) is 0 Å². The Morgan fingerprint density at radius 3 is 1.46 bits per heavy atom. The first-order chi connectivity index (χ1) is 26.7. The van der Waals surface area contributed by atoms with E-state index in [-0.39, 0.29) is 0 Å². The molecule has 10 aromatic rings. The third-order valence-corrected chi connectivity index (χ3v) is 10.5. The number of furan rings is 1. The van der Waals surface area contributed by atoms with E-state index in [0.717, 1.165) is 39.0 Å². The maximum atomic E-state index is 6.17. The van der Waals surface area contributed by atoms with E-state index in [1.165, 1.54) is 55.3 Å². The number of nitrogens with zero attached hydrogens (tertiary/aromatic N) is 1. The zero-order chi connectivity index (χ0) is 35.8. The molecule has 1 aromatic heterocycles. The summed E-state index contributed by atoms with van der Waals surface area (Å²) in [5.74, 6) is 0. The minimum absolute atomic E-state index is 0.920. The van der Waals surface area contributed by atoms with Crippen molar-refractivity contribution < 1.29 is 4.42 Å². The van der Waals surface area contributed by atoms with Crippen molar-refractivity contribution in [3.63, 3.8) is 0 Å². The van der Waals surface area contributed by atoms with Crippen molar-refractivity contribution in [2.75, 3.05) is 4.90 Å². The van der Waals surface area contributed by atoms with Crippen LogP contribution in [0.15, 0.2) is 217 Å². The van der Waals surface area contributed by atoms with Gasteiger partial charge in [0.15, 0.2) is 0 Å². The topological polar surface area (TPSA) is 16.4 Å². The summed E-state index contributed by atoms with van der Waals surface area (Å²) in [6.07, 6.45) is 0. The summed E-state index contributed by atoms with van der Waals surface area (Å²) in [4.78, 5) is 2.36. The second-order valence-corrected chi connectivity index (χ2v) is 13.8. The molecule has 10 rings (SSSR count). The van der Waals surface area contributed by atoms with Crippen LogP contribution in [-0.2, 0) is 0 Å². The molecule has 0 saturated carbocycles. The quantitative estimate of drug-likeness (QED) is 0.166. The number of hydrogen-bond acceptors (Lipinski definition) is 2. The zero-order valence-electron chi connectivity index (χ0n) is 29.6. The van der Waals surface area contributed by atoms with Gasteiger partial charge in [0.1, 0.15) is 11.2 Å². The first kappa shape index (κ1) is 31.6. The van der Waals surface area contributed by atoms with Gasteiger partial charge in [-0.1, -0.05) is 152 Å². The molecule has 0 fully saturated rings. The molecular weight excluding hydrogens is 655 g/mol. The largest absolute Gasteiger partial charge is 0.456 e. The highest BCUT2D eigenvalue weighted by molar-refractivity contribution is 6.10. The van der Waals surface area contributed by atoms with Gasteiger partial charge in [0.05, 0.1) is 0 Å². The molecule has 0 bridgehead atoms.